The molecule has 1 aliphatic heterocycles. The van der Waals surface area contributed by atoms with E-state index in [1.54, 1.807) is 6.33 Å². The summed E-state index contributed by atoms with van der Waals surface area (Å²) in [5, 5.41) is 0. The van der Waals surface area contributed by atoms with E-state index in [1.165, 1.54) is 0 Å². The van der Waals surface area contributed by atoms with Crippen molar-refractivity contribution in [1.29, 1.82) is 0 Å². The molecule has 0 aromatic carbocycles. The van der Waals surface area contributed by atoms with E-state index in [0.717, 1.165) is 50.5 Å². The Morgan fingerprint density at radius 2 is 1.95 bits per heavy atom. The summed E-state index contributed by atoms with van der Waals surface area (Å²) in [6.07, 6.45) is 3.53. The first kappa shape index (κ1) is 15.7. The summed E-state index contributed by atoms with van der Waals surface area (Å²) < 4.78 is 0. The summed E-state index contributed by atoms with van der Waals surface area (Å²) >= 11 is 0. The molecule has 0 saturated carbocycles. The lowest BCUT2D eigenvalue weighted by molar-refractivity contribution is -0.139. The maximum absolute atomic E-state index is 12.4. The molecule has 0 bridgehead atoms. The van der Waals surface area contributed by atoms with Crippen LogP contribution in [0.1, 0.15) is 39.8 Å². The molecule has 0 N–H and O–H groups in total. The summed E-state index contributed by atoms with van der Waals surface area (Å²) in [5.74, 6) is 1.22. The van der Waals surface area contributed by atoms with E-state index in [0.29, 0.717) is 0 Å². The van der Waals surface area contributed by atoms with Crippen LogP contribution in [-0.2, 0) is 11.2 Å². The molecule has 5 nitrogen and oxygen atoms in total. The molecule has 1 aromatic rings. The van der Waals surface area contributed by atoms with Gasteiger partial charge in [-0.15, -0.1) is 0 Å². The predicted octanol–water partition coefficient (Wildman–Crippen LogP) is 2.12. The summed E-state index contributed by atoms with van der Waals surface area (Å²) in [6.45, 7) is 11.4. The lowest BCUT2D eigenvalue weighted by Gasteiger charge is -2.28. The van der Waals surface area contributed by atoms with E-state index in [9.17, 15) is 4.79 Å². The van der Waals surface area contributed by atoms with Crippen molar-refractivity contribution in [2.75, 3.05) is 31.1 Å². The molecule has 1 aliphatic rings. The second kappa shape index (κ2) is 6.41. The molecule has 0 spiro atoms. The van der Waals surface area contributed by atoms with Crippen molar-refractivity contribution < 1.29 is 4.79 Å². The van der Waals surface area contributed by atoms with Gasteiger partial charge >= 0.3 is 0 Å². The first-order valence-corrected chi connectivity index (χ1v) is 7.77. The van der Waals surface area contributed by atoms with Gasteiger partial charge in [-0.3, -0.25) is 4.79 Å². The van der Waals surface area contributed by atoms with Crippen LogP contribution >= 0.6 is 0 Å². The van der Waals surface area contributed by atoms with Gasteiger partial charge in [0, 0.05) is 43.4 Å². The fourth-order valence-corrected chi connectivity index (χ4v) is 2.58. The van der Waals surface area contributed by atoms with Gasteiger partial charge in [0.05, 0.1) is 0 Å². The Kier molecular flexibility index (Phi) is 4.80. The smallest absolute Gasteiger partial charge is 0.228 e. The number of carbonyl (C=O) groups is 1. The molecule has 1 amide bonds. The topological polar surface area (TPSA) is 49.3 Å². The highest BCUT2D eigenvalue weighted by Gasteiger charge is 2.28. The first-order valence-electron chi connectivity index (χ1n) is 7.77. The highest BCUT2D eigenvalue weighted by atomic mass is 16.2. The maximum atomic E-state index is 12.4. The standard InChI is InChI=1S/C16H26N4O/c1-5-13-11-14(18-12-17-13)19-7-6-8-20(10-9-19)15(21)16(2,3)4/h11-12H,5-10H2,1-4H3. The Balaban J connectivity index is 2.05. The Morgan fingerprint density at radius 1 is 1.19 bits per heavy atom. The molecule has 1 fully saturated rings. The Bertz CT molecular complexity index is 495. The predicted molar refractivity (Wildman–Crippen MR) is 84.3 cm³/mol. The van der Waals surface area contributed by atoms with Crippen molar-refractivity contribution in [3.8, 4) is 0 Å². The number of hydrogen-bond donors (Lipinski definition) is 0. The van der Waals surface area contributed by atoms with Crippen molar-refractivity contribution >= 4 is 11.7 Å². The van der Waals surface area contributed by atoms with Crippen LogP contribution in [0.25, 0.3) is 0 Å². The van der Waals surface area contributed by atoms with Gasteiger partial charge in [0.15, 0.2) is 0 Å². The average Bonchev–Trinajstić information content (AvgIpc) is 2.71. The molecule has 0 unspecified atom stereocenters. The minimum atomic E-state index is -0.306. The van der Waals surface area contributed by atoms with Gasteiger partial charge in [0.2, 0.25) is 5.91 Å². The number of carbonyl (C=O) groups excluding carboxylic acids is 1. The third-order valence-corrected chi connectivity index (χ3v) is 3.82. The zero-order valence-corrected chi connectivity index (χ0v) is 13.6. The molecule has 2 rings (SSSR count). The van der Waals surface area contributed by atoms with Crippen molar-refractivity contribution in [3.63, 3.8) is 0 Å². The number of aromatic nitrogens is 2. The van der Waals surface area contributed by atoms with Crippen LogP contribution in [0, 0.1) is 5.41 Å². The average molecular weight is 290 g/mol. The van der Waals surface area contributed by atoms with Crippen LogP contribution in [0.5, 0.6) is 0 Å². The lowest BCUT2D eigenvalue weighted by atomic mass is 9.94. The quantitative estimate of drug-likeness (QED) is 0.837. The number of amides is 1. The monoisotopic (exact) mass is 290 g/mol. The summed E-state index contributed by atoms with van der Waals surface area (Å²) in [4.78, 5) is 25.3. The van der Waals surface area contributed by atoms with Crippen LogP contribution in [0.2, 0.25) is 0 Å². The molecule has 1 saturated heterocycles. The van der Waals surface area contributed by atoms with Crippen LogP contribution in [0.15, 0.2) is 12.4 Å². The maximum Gasteiger partial charge on any atom is 0.228 e. The van der Waals surface area contributed by atoms with Crippen LogP contribution in [0.4, 0.5) is 5.82 Å². The van der Waals surface area contributed by atoms with Gasteiger partial charge < -0.3 is 9.80 Å². The second-order valence-electron chi connectivity index (χ2n) is 6.60. The summed E-state index contributed by atoms with van der Waals surface area (Å²) in [7, 11) is 0. The van der Waals surface area contributed by atoms with Crippen LogP contribution in [-0.4, -0.2) is 47.0 Å². The van der Waals surface area contributed by atoms with Crippen molar-refractivity contribution in [3.05, 3.63) is 18.1 Å². The van der Waals surface area contributed by atoms with Gasteiger partial charge in [-0.2, -0.15) is 0 Å². The Morgan fingerprint density at radius 3 is 2.62 bits per heavy atom. The van der Waals surface area contributed by atoms with E-state index in [-0.39, 0.29) is 11.3 Å². The van der Waals surface area contributed by atoms with E-state index in [4.69, 9.17) is 0 Å². The number of nitrogens with zero attached hydrogens (tertiary/aromatic N) is 4. The summed E-state index contributed by atoms with van der Waals surface area (Å²) in [6, 6.07) is 2.06. The third-order valence-electron chi connectivity index (χ3n) is 3.82. The third kappa shape index (κ3) is 3.93. The van der Waals surface area contributed by atoms with E-state index < -0.39 is 0 Å². The van der Waals surface area contributed by atoms with Gasteiger partial charge in [-0.25, -0.2) is 9.97 Å². The lowest BCUT2D eigenvalue weighted by Crippen LogP contribution is -2.41. The molecule has 5 heteroatoms. The zero-order valence-electron chi connectivity index (χ0n) is 13.6. The molecule has 0 aliphatic carbocycles. The Hall–Kier alpha value is -1.65. The van der Waals surface area contributed by atoms with Crippen LogP contribution in [0.3, 0.4) is 0 Å². The fourth-order valence-electron chi connectivity index (χ4n) is 2.58. The molecular weight excluding hydrogens is 264 g/mol. The molecule has 116 valence electrons. The fraction of sp³-hybridized carbons (Fsp3) is 0.688. The molecular formula is C16H26N4O. The van der Waals surface area contributed by atoms with Gasteiger partial charge in [0.25, 0.3) is 0 Å². The van der Waals surface area contributed by atoms with Crippen molar-refractivity contribution in [2.24, 2.45) is 5.41 Å². The minimum absolute atomic E-state index is 0.237. The Labute approximate surface area is 127 Å². The van der Waals surface area contributed by atoms with Crippen molar-refractivity contribution in [2.45, 2.75) is 40.5 Å². The van der Waals surface area contributed by atoms with Gasteiger partial charge in [-0.05, 0) is 12.8 Å². The molecule has 21 heavy (non-hydrogen) atoms. The molecule has 2 heterocycles. The number of aryl methyl sites for hydroxylation is 1. The number of anilines is 1. The highest BCUT2D eigenvalue weighted by Crippen LogP contribution is 2.20. The minimum Gasteiger partial charge on any atom is -0.355 e. The zero-order chi connectivity index (χ0) is 15.5. The highest BCUT2D eigenvalue weighted by molar-refractivity contribution is 5.81. The molecule has 0 radical (unpaired) electrons. The van der Waals surface area contributed by atoms with E-state index >= 15 is 0 Å². The summed E-state index contributed by atoms with van der Waals surface area (Å²) in [5.41, 5.74) is 0.756. The normalized spacial score (nSPS) is 16.8. The second-order valence-corrected chi connectivity index (χ2v) is 6.60. The SMILES string of the molecule is CCc1cc(N2CCCN(C(=O)C(C)(C)C)CC2)ncn1. The first-order chi connectivity index (χ1) is 9.91. The number of hydrogen-bond acceptors (Lipinski definition) is 4. The van der Waals surface area contributed by atoms with Crippen LogP contribution < -0.4 is 4.90 Å². The molecule has 0 atom stereocenters. The van der Waals surface area contributed by atoms with Crippen molar-refractivity contribution in [1.82, 2.24) is 14.9 Å². The van der Waals surface area contributed by atoms with E-state index in [2.05, 4.69) is 27.9 Å². The van der Waals surface area contributed by atoms with Gasteiger partial charge in [-0.1, -0.05) is 27.7 Å². The molecule has 1 aromatic heterocycles. The van der Waals surface area contributed by atoms with Gasteiger partial charge in [0.1, 0.15) is 12.1 Å². The van der Waals surface area contributed by atoms with E-state index in [1.807, 2.05) is 25.7 Å². The number of rotatable bonds is 2. The largest absolute Gasteiger partial charge is 0.355 e.